The average molecular weight is 486 g/mol. The lowest BCUT2D eigenvalue weighted by atomic mass is 10.0. The van der Waals surface area contributed by atoms with Crippen molar-refractivity contribution in [1.82, 2.24) is 10.3 Å². The van der Waals surface area contributed by atoms with Crippen molar-refractivity contribution in [3.63, 3.8) is 0 Å². The van der Waals surface area contributed by atoms with Crippen LogP contribution < -0.4 is 10.2 Å². The van der Waals surface area contributed by atoms with E-state index >= 15 is 0 Å². The summed E-state index contributed by atoms with van der Waals surface area (Å²) in [6, 6.07) is 15.7. The number of aliphatic hydroxyl groups excluding tert-OH is 2. The first-order valence-corrected chi connectivity index (χ1v) is 11.3. The molecule has 0 saturated carbocycles. The molecule has 1 aromatic heterocycles. The number of benzene rings is 2. The van der Waals surface area contributed by atoms with E-state index in [9.17, 15) is 23.1 Å². The molecule has 0 unspecified atom stereocenters. The smallest absolute Gasteiger partial charge is 0.393 e. The molecule has 2 aromatic carbocycles. The molecule has 0 aliphatic carbocycles. The summed E-state index contributed by atoms with van der Waals surface area (Å²) in [6.45, 7) is 0.141. The summed E-state index contributed by atoms with van der Waals surface area (Å²) in [7, 11) is 0. The van der Waals surface area contributed by atoms with Gasteiger partial charge in [-0.25, -0.2) is 4.98 Å². The summed E-state index contributed by atoms with van der Waals surface area (Å²) in [5.74, 6) is 0.373. The molecule has 1 aliphatic rings. The fourth-order valence-electron chi connectivity index (χ4n) is 4.29. The van der Waals surface area contributed by atoms with Gasteiger partial charge in [0.2, 0.25) is 0 Å². The predicted molar refractivity (Wildman–Crippen MR) is 126 cm³/mol. The minimum atomic E-state index is -4.25. The van der Waals surface area contributed by atoms with Crippen LogP contribution in [-0.2, 0) is 19.3 Å². The van der Waals surface area contributed by atoms with Crippen molar-refractivity contribution in [3.05, 3.63) is 88.6 Å². The lowest BCUT2D eigenvalue weighted by Crippen LogP contribution is -2.34. The number of fused-ring (bicyclic) bond motifs is 1. The maximum atomic E-state index is 12.8. The van der Waals surface area contributed by atoms with Crippen LogP contribution in [0.2, 0.25) is 0 Å². The second-order valence-electron chi connectivity index (χ2n) is 8.56. The molecule has 1 aliphatic heterocycles. The van der Waals surface area contributed by atoms with Crippen LogP contribution in [0.3, 0.4) is 0 Å². The number of hydrogen-bond donors (Lipinski definition) is 3. The number of hydrogen-bond acceptors (Lipinski definition) is 5. The third kappa shape index (κ3) is 6.17. The van der Waals surface area contributed by atoms with E-state index in [1.807, 2.05) is 29.2 Å². The number of amides is 1. The highest BCUT2D eigenvalue weighted by Gasteiger charge is 2.28. The van der Waals surface area contributed by atoms with Crippen molar-refractivity contribution >= 4 is 17.4 Å². The number of pyridine rings is 1. The molecule has 184 valence electrons. The molecule has 0 spiro atoms. The zero-order chi connectivity index (χ0) is 25.0. The van der Waals surface area contributed by atoms with E-state index in [1.54, 1.807) is 30.5 Å². The second-order valence-corrected chi connectivity index (χ2v) is 8.56. The molecule has 0 saturated heterocycles. The lowest BCUT2D eigenvalue weighted by molar-refractivity contribution is -0.127. The van der Waals surface area contributed by atoms with Crippen molar-refractivity contribution in [2.75, 3.05) is 24.6 Å². The zero-order valence-electron chi connectivity index (χ0n) is 18.9. The van der Waals surface area contributed by atoms with E-state index in [0.29, 0.717) is 30.8 Å². The molecule has 0 bridgehead atoms. The topological polar surface area (TPSA) is 85.7 Å². The summed E-state index contributed by atoms with van der Waals surface area (Å²) in [5, 5.41) is 21.1. The highest BCUT2D eigenvalue weighted by molar-refractivity contribution is 5.98. The van der Waals surface area contributed by atoms with Crippen molar-refractivity contribution in [3.8, 4) is 0 Å². The number of nitrogens with one attached hydrogen (secondary N) is 1. The van der Waals surface area contributed by atoms with Crippen LogP contribution in [0.4, 0.5) is 24.7 Å². The third-order valence-electron chi connectivity index (χ3n) is 5.87. The molecule has 35 heavy (non-hydrogen) atoms. The van der Waals surface area contributed by atoms with Crippen molar-refractivity contribution in [1.29, 1.82) is 0 Å². The van der Waals surface area contributed by atoms with E-state index in [-0.39, 0.29) is 18.0 Å². The Morgan fingerprint density at radius 1 is 1.09 bits per heavy atom. The Morgan fingerprint density at radius 2 is 1.83 bits per heavy atom. The van der Waals surface area contributed by atoms with E-state index in [1.165, 1.54) is 6.07 Å². The standard InChI is InChI=1S/C26H26F3N3O3/c27-26(28,29)14-19-4-1-3-17(12-19)11-18-7-9-30-24(13-18)32-10-8-21-22(5-2-6-23(21)32)25(35)31-15-20(34)16-33/h1-7,9,12-13,20,33-34H,8,10-11,14-16H2,(H,31,35)/t20-/m0/s1. The molecule has 3 N–H and O–H groups in total. The summed E-state index contributed by atoms with van der Waals surface area (Å²) in [5.41, 5.74) is 4.17. The fraction of sp³-hybridized carbons (Fsp3) is 0.308. The first-order chi connectivity index (χ1) is 16.7. The highest BCUT2D eigenvalue weighted by Crippen LogP contribution is 2.36. The van der Waals surface area contributed by atoms with Gasteiger partial charge in [-0.3, -0.25) is 4.79 Å². The van der Waals surface area contributed by atoms with Gasteiger partial charge in [-0.05, 0) is 59.4 Å². The number of rotatable bonds is 8. The van der Waals surface area contributed by atoms with Crippen LogP contribution in [0.5, 0.6) is 0 Å². The van der Waals surface area contributed by atoms with Crippen LogP contribution in [0, 0.1) is 0 Å². The minimum Gasteiger partial charge on any atom is -0.394 e. The number of halogens is 3. The Bertz CT molecular complexity index is 1200. The Hall–Kier alpha value is -3.43. The van der Waals surface area contributed by atoms with Crippen molar-refractivity contribution in [2.45, 2.75) is 31.5 Å². The first kappa shape index (κ1) is 24.7. The van der Waals surface area contributed by atoms with Gasteiger partial charge in [-0.2, -0.15) is 13.2 Å². The van der Waals surface area contributed by atoms with Gasteiger partial charge < -0.3 is 20.4 Å². The lowest BCUT2D eigenvalue weighted by Gasteiger charge is -2.19. The number of carbonyl (C=O) groups excluding carboxylic acids is 1. The number of aromatic nitrogens is 1. The molecule has 4 rings (SSSR count). The number of anilines is 2. The normalized spacial score (nSPS) is 14.0. The Kier molecular flexibility index (Phi) is 7.37. The molecule has 3 aromatic rings. The SMILES string of the molecule is O=C(NC[C@H](O)CO)c1cccc2c1CCN2c1cc(Cc2cccc(CC(F)(F)F)c2)ccn1. The largest absolute Gasteiger partial charge is 0.394 e. The van der Waals surface area contributed by atoms with Gasteiger partial charge in [0.25, 0.3) is 5.91 Å². The molecule has 1 amide bonds. The van der Waals surface area contributed by atoms with Gasteiger partial charge in [0.15, 0.2) is 0 Å². The Morgan fingerprint density at radius 3 is 2.60 bits per heavy atom. The van der Waals surface area contributed by atoms with Gasteiger partial charge in [0, 0.05) is 30.5 Å². The predicted octanol–water partition coefficient (Wildman–Crippen LogP) is 3.55. The van der Waals surface area contributed by atoms with E-state index in [4.69, 9.17) is 5.11 Å². The minimum absolute atomic E-state index is 0.0452. The molecule has 2 heterocycles. The van der Waals surface area contributed by atoms with Crippen LogP contribution in [-0.4, -0.2) is 53.1 Å². The fourth-order valence-corrected chi connectivity index (χ4v) is 4.29. The van der Waals surface area contributed by atoms with Crippen LogP contribution in [0.15, 0.2) is 60.8 Å². The second kappa shape index (κ2) is 10.5. The highest BCUT2D eigenvalue weighted by atomic mass is 19.4. The maximum Gasteiger partial charge on any atom is 0.393 e. The first-order valence-electron chi connectivity index (χ1n) is 11.3. The summed E-state index contributed by atoms with van der Waals surface area (Å²) < 4.78 is 38.3. The van der Waals surface area contributed by atoms with Crippen molar-refractivity contribution in [2.24, 2.45) is 0 Å². The monoisotopic (exact) mass is 485 g/mol. The number of alkyl halides is 3. The molecule has 9 heteroatoms. The van der Waals surface area contributed by atoms with E-state index < -0.39 is 25.3 Å². The Labute approximate surface area is 201 Å². The van der Waals surface area contributed by atoms with Gasteiger partial charge in [-0.1, -0.05) is 30.3 Å². The maximum absolute atomic E-state index is 12.8. The van der Waals surface area contributed by atoms with Gasteiger partial charge >= 0.3 is 6.18 Å². The quantitative estimate of drug-likeness (QED) is 0.455. The molecular weight excluding hydrogens is 459 g/mol. The van der Waals surface area contributed by atoms with Crippen molar-refractivity contribution < 1.29 is 28.2 Å². The van der Waals surface area contributed by atoms with Crippen LogP contribution in [0.1, 0.15) is 32.6 Å². The van der Waals surface area contributed by atoms with E-state index in [0.717, 1.165) is 22.4 Å². The molecular formula is C26H26F3N3O3. The summed E-state index contributed by atoms with van der Waals surface area (Å²) in [4.78, 5) is 19.1. The third-order valence-corrected chi connectivity index (χ3v) is 5.87. The summed E-state index contributed by atoms with van der Waals surface area (Å²) >= 11 is 0. The molecule has 0 radical (unpaired) electrons. The van der Waals surface area contributed by atoms with Gasteiger partial charge in [0.1, 0.15) is 5.82 Å². The molecule has 1 atom stereocenters. The Balaban J connectivity index is 1.52. The van der Waals surface area contributed by atoms with Gasteiger partial charge in [0.05, 0.1) is 19.1 Å². The van der Waals surface area contributed by atoms with E-state index in [2.05, 4.69) is 10.3 Å². The molecule has 0 fully saturated rings. The molecule has 6 nitrogen and oxygen atoms in total. The average Bonchev–Trinajstić information content (AvgIpc) is 3.26. The summed E-state index contributed by atoms with van der Waals surface area (Å²) in [6.07, 6.45) is -3.45. The van der Waals surface area contributed by atoms with Crippen LogP contribution in [0.25, 0.3) is 0 Å². The number of aliphatic hydroxyl groups is 2. The van der Waals surface area contributed by atoms with Gasteiger partial charge in [-0.15, -0.1) is 0 Å². The number of nitrogens with zero attached hydrogens (tertiary/aromatic N) is 2. The van der Waals surface area contributed by atoms with Crippen LogP contribution >= 0.6 is 0 Å². The number of carbonyl (C=O) groups is 1. The zero-order valence-corrected chi connectivity index (χ0v) is 18.9.